The third-order valence-corrected chi connectivity index (χ3v) is 3.46. The Bertz CT molecular complexity index is 516. The van der Waals surface area contributed by atoms with Gasteiger partial charge in [0, 0.05) is 24.0 Å². The standard InChI is InChI=1S/C13H18ClN3/c1-4-13(2,3)17-11(7-8-14)16-10-6-5-9-15-12(10)17/h5-6,9H,4,7-8H2,1-3H3. The predicted octanol–water partition coefficient (Wildman–Crippen LogP) is 3.36. The molecule has 0 N–H and O–H groups in total. The summed E-state index contributed by atoms with van der Waals surface area (Å²) in [7, 11) is 0. The van der Waals surface area contributed by atoms with Crippen molar-refractivity contribution in [3.05, 3.63) is 24.2 Å². The lowest BCUT2D eigenvalue weighted by molar-refractivity contribution is 0.340. The van der Waals surface area contributed by atoms with Gasteiger partial charge in [-0.2, -0.15) is 0 Å². The van der Waals surface area contributed by atoms with Crippen LogP contribution in [0.2, 0.25) is 0 Å². The highest BCUT2D eigenvalue weighted by molar-refractivity contribution is 6.17. The number of rotatable bonds is 4. The first kappa shape index (κ1) is 12.4. The molecule has 0 saturated carbocycles. The van der Waals surface area contributed by atoms with E-state index in [1.165, 1.54) is 0 Å². The van der Waals surface area contributed by atoms with Gasteiger partial charge in [-0.15, -0.1) is 11.6 Å². The average molecular weight is 252 g/mol. The highest BCUT2D eigenvalue weighted by Crippen LogP contribution is 2.27. The van der Waals surface area contributed by atoms with E-state index < -0.39 is 0 Å². The molecule has 0 bridgehead atoms. The van der Waals surface area contributed by atoms with E-state index in [-0.39, 0.29) is 5.54 Å². The van der Waals surface area contributed by atoms with Crippen LogP contribution in [0.1, 0.15) is 33.0 Å². The molecule has 2 rings (SSSR count). The molecule has 0 fully saturated rings. The van der Waals surface area contributed by atoms with E-state index in [1.807, 2.05) is 18.3 Å². The van der Waals surface area contributed by atoms with Gasteiger partial charge in [-0.05, 0) is 32.4 Å². The monoisotopic (exact) mass is 251 g/mol. The molecule has 17 heavy (non-hydrogen) atoms. The van der Waals surface area contributed by atoms with Crippen molar-refractivity contribution in [3.63, 3.8) is 0 Å². The van der Waals surface area contributed by atoms with Crippen molar-refractivity contribution in [1.29, 1.82) is 0 Å². The largest absolute Gasteiger partial charge is 0.307 e. The minimum Gasteiger partial charge on any atom is -0.307 e. The number of imidazole rings is 1. The van der Waals surface area contributed by atoms with E-state index in [4.69, 9.17) is 11.6 Å². The van der Waals surface area contributed by atoms with E-state index in [9.17, 15) is 0 Å². The maximum atomic E-state index is 5.86. The number of hydrogen-bond acceptors (Lipinski definition) is 2. The number of hydrogen-bond donors (Lipinski definition) is 0. The maximum absolute atomic E-state index is 5.86. The first-order valence-corrected chi connectivity index (χ1v) is 6.52. The van der Waals surface area contributed by atoms with Crippen LogP contribution in [0.3, 0.4) is 0 Å². The highest BCUT2D eigenvalue weighted by Gasteiger charge is 2.24. The van der Waals surface area contributed by atoms with Crippen molar-refractivity contribution in [1.82, 2.24) is 14.5 Å². The van der Waals surface area contributed by atoms with Crippen LogP contribution < -0.4 is 0 Å². The average Bonchev–Trinajstić information content (AvgIpc) is 2.68. The fraction of sp³-hybridized carbons (Fsp3) is 0.538. The third kappa shape index (κ3) is 2.16. The summed E-state index contributed by atoms with van der Waals surface area (Å²) >= 11 is 5.86. The number of pyridine rings is 1. The quantitative estimate of drug-likeness (QED) is 0.781. The molecule has 0 aliphatic rings. The topological polar surface area (TPSA) is 30.7 Å². The zero-order valence-electron chi connectivity index (χ0n) is 10.6. The second kappa shape index (κ2) is 4.65. The number of aromatic nitrogens is 3. The molecule has 0 saturated heterocycles. The molecule has 0 aliphatic heterocycles. The summed E-state index contributed by atoms with van der Waals surface area (Å²) < 4.78 is 2.23. The van der Waals surface area contributed by atoms with Gasteiger partial charge in [0.2, 0.25) is 0 Å². The molecule has 2 heterocycles. The van der Waals surface area contributed by atoms with Gasteiger partial charge in [0.1, 0.15) is 11.3 Å². The van der Waals surface area contributed by atoms with Crippen LogP contribution in [0.25, 0.3) is 11.2 Å². The Morgan fingerprint density at radius 1 is 1.41 bits per heavy atom. The van der Waals surface area contributed by atoms with E-state index in [1.54, 1.807) is 0 Å². The first-order chi connectivity index (χ1) is 8.10. The molecular formula is C13H18ClN3. The summed E-state index contributed by atoms with van der Waals surface area (Å²) in [6.45, 7) is 6.60. The molecule has 0 aliphatic carbocycles. The third-order valence-electron chi connectivity index (χ3n) is 3.27. The number of alkyl halides is 1. The lowest BCUT2D eigenvalue weighted by atomic mass is 10.0. The SMILES string of the molecule is CCC(C)(C)n1c(CCCl)nc2cccnc21. The summed E-state index contributed by atoms with van der Waals surface area (Å²) in [5.74, 6) is 1.61. The molecule has 0 amide bonds. The molecule has 92 valence electrons. The van der Waals surface area contributed by atoms with Crippen LogP contribution in [0.4, 0.5) is 0 Å². The minimum atomic E-state index is 0.0183. The second-order valence-electron chi connectivity index (χ2n) is 4.81. The lowest BCUT2D eigenvalue weighted by Crippen LogP contribution is -2.27. The Labute approximate surface area is 107 Å². The molecule has 0 aromatic carbocycles. The van der Waals surface area contributed by atoms with E-state index in [0.717, 1.165) is 29.8 Å². The second-order valence-corrected chi connectivity index (χ2v) is 5.19. The molecule has 0 atom stereocenters. The van der Waals surface area contributed by atoms with Crippen LogP contribution in [0.5, 0.6) is 0 Å². The molecular weight excluding hydrogens is 234 g/mol. The zero-order valence-corrected chi connectivity index (χ0v) is 11.3. The smallest absolute Gasteiger partial charge is 0.160 e. The molecule has 4 heteroatoms. The van der Waals surface area contributed by atoms with Crippen molar-refractivity contribution >= 4 is 22.8 Å². The molecule has 0 radical (unpaired) electrons. The number of fused-ring (bicyclic) bond motifs is 1. The van der Waals surface area contributed by atoms with Gasteiger partial charge in [-0.1, -0.05) is 6.92 Å². The van der Waals surface area contributed by atoms with Gasteiger partial charge in [-0.25, -0.2) is 9.97 Å². The van der Waals surface area contributed by atoms with Gasteiger partial charge >= 0.3 is 0 Å². The van der Waals surface area contributed by atoms with Crippen LogP contribution in [0.15, 0.2) is 18.3 Å². The first-order valence-electron chi connectivity index (χ1n) is 5.99. The van der Waals surface area contributed by atoms with Crippen LogP contribution in [0, 0.1) is 0 Å². The van der Waals surface area contributed by atoms with Gasteiger partial charge in [-0.3, -0.25) is 0 Å². The van der Waals surface area contributed by atoms with E-state index >= 15 is 0 Å². The summed E-state index contributed by atoms with van der Waals surface area (Å²) in [5, 5.41) is 0. The van der Waals surface area contributed by atoms with Gasteiger partial charge in [0.15, 0.2) is 5.65 Å². The van der Waals surface area contributed by atoms with E-state index in [2.05, 4.69) is 35.3 Å². The van der Waals surface area contributed by atoms with E-state index in [0.29, 0.717) is 5.88 Å². The van der Waals surface area contributed by atoms with Crippen molar-refractivity contribution < 1.29 is 0 Å². The molecule has 0 spiro atoms. The Morgan fingerprint density at radius 3 is 2.82 bits per heavy atom. The van der Waals surface area contributed by atoms with Crippen molar-refractivity contribution in [2.75, 3.05) is 5.88 Å². The van der Waals surface area contributed by atoms with Crippen molar-refractivity contribution in [2.45, 2.75) is 39.2 Å². The summed E-state index contributed by atoms with van der Waals surface area (Å²) in [5.41, 5.74) is 1.93. The highest BCUT2D eigenvalue weighted by atomic mass is 35.5. The van der Waals surface area contributed by atoms with Gasteiger partial charge in [0.05, 0.1) is 0 Å². The van der Waals surface area contributed by atoms with Crippen LogP contribution >= 0.6 is 11.6 Å². The fourth-order valence-corrected chi connectivity index (χ4v) is 2.17. The Balaban J connectivity index is 2.68. The molecule has 0 unspecified atom stereocenters. The number of aryl methyl sites for hydroxylation is 1. The van der Waals surface area contributed by atoms with Crippen molar-refractivity contribution in [2.24, 2.45) is 0 Å². The molecule has 2 aromatic heterocycles. The minimum absolute atomic E-state index is 0.0183. The van der Waals surface area contributed by atoms with Crippen LogP contribution in [-0.4, -0.2) is 20.4 Å². The maximum Gasteiger partial charge on any atom is 0.160 e. The summed E-state index contributed by atoms with van der Waals surface area (Å²) in [6.07, 6.45) is 3.63. The lowest BCUT2D eigenvalue weighted by Gasteiger charge is -2.27. The normalized spacial score (nSPS) is 12.2. The predicted molar refractivity (Wildman–Crippen MR) is 71.6 cm³/mol. The van der Waals surface area contributed by atoms with Crippen molar-refractivity contribution in [3.8, 4) is 0 Å². The number of halogens is 1. The summed E-state index contributed by atoms with van der Waals surface area (Å²) in [6, 6.07) is 3.92. The Morgan fingerprint density at radius 2 is 2.18 bits per heavy atom. The zero-order chi connectivity index (χ0) is 12.5. The number of nitrogens with zero attached hydrogens (tertiary/aromatic N) is 3. The van der Waals surface area contributed by atoms with Gasteiger partial charge < -0.3 is 4.57 Å². The molecule has 2 aromatic rings. The Kier molecular flexibility index (Phi) is 3.38. The fourth-order valence-electron chi connectivity index (χ4n) is 2.01. The van der Waals surface area contributed by atoms with Crippen LogP contribution in [-0.2, 0) is 12.0 Å². The van der Waals surface area contributed by atoms with Gasteiger partial charge in [0.25, 0.3) is 0 Å². The Hall–Kier alpha value is -1.09. The summed E-state index contributed by atoms with van der Waals surface area (Å²) in [4.78, 5) is 9.09. The molecule has 3 nitrogen and oxygen atoms in total.